The Kier molecular flexibility index (Phi) is 6.76. The molecule has 3 aliphatic rings. The van der Waals surface area contributed by atoms with Gasteiger partial charge in [-0.05, 0) is 68.8 Å². The Bertz CT molecular complexity index is 1000. The molecule has 3 N–H and O–H groups in total. The van der Waals surface area contributed by atoms with Gasteiger partial charge in [-0.15, -0.1) is 0 Å². The molecule has 1 aromatic carbocycles. The number of hydrogen-bond donors (Lipinski definition) is 3. The molecule has 1 spiro atoms. The molecule has 2 aromatic rings. The highest BCUT2D eigenvalue weighted by Gasteiger charge is 2.48. The normalized spacial score (nSPS) is 22.9. The molecule has 1 aliphatic carbocycles. The smallest absolute Gasteiger partial charge is 0.318 e. The first kappa shape index (κ1) is 23.5. The van der Waals surface area contributed by atoms with Gasteiger partial charge in [0.25, 0.3) is 0 Å². The van der Waals surface area contributed by atoms with Crippen molar-refractivity contribution < 1.29 is 14.6 Å². The highest BCUT2D eigenvalue weighted by Crippen LogP contribution is 2.49. The van der Waals surface area contributed by atoms with E-state index in [1.165, 1.54) is 43.2 Å². The molecule has 5 rings (SSSR count). The molecule has 2 fully saturated rings. The summed E-state index contributed by atoms with van der Waals surface area (Å²) in [7, 11) is 1.68. The number of piperidine rings is 1. The van der Waals surface area contributed by atoms with Crippen molar-refractivity contribution in [3.8, 4) is 5.75 Å². The summed E-state index contributed by atoms with van der Waals surface area (Å²) in [5, 5.41) is 14.7. The van der Waals surface area contributed by atoms with Crippen LogP contribution in [0.3, 0.4) is 0 Å². The van der Waals surface area contributed by atoms with Gasteiger partial charge in [0.15, 0.2) is 0 Å². The van der Waals surface area contributed by atoms with Gasteiger partial charge in [0.2, 0.25) is 0 Å². The Morgan fingerprint density at radius 2 is 2.03 bits per heavy atom. The number of methoxy groups -OCH3 is 1. The number of benzene rings is 1. The van der Waals surface area contributed by atoms with Gasteiger partial charge in [-0.2, -0.15) is 0 Å². The Morgan fingerprint density at radius 1 is 1.26 bits per heavy atom. The van der Waals surface area contributed by atoms with E-state index < -0.39 is 0 Å². The molecular formula is C27H40N4O3. The lowest BCUT2D eigenvalue weighted by Gasteiger charge is -2.50. The minimum absolute atomic E-state index is 0.0736. The highest BCUT2D eigenvalue weighted by molar-refractivity contribution is 5.88. The summed E-state index contributed by atoms with van der Waals surface area (Å²) in [5.41, 5.74) is 3.22. The average molecular weight is 469 g/mol. The number of hydrogen-bond acceptors (Lipinski definition) is 4. The maximum absolute atomic E-state index is 13.2. The van der Waals surface area contributed by atoms with Crippen LogP contribution in [0.1, 0.15) is 69.2 Å². The number of carbonyl (C=O) groups is 1. The maximum atomic E-state index is 13.2. The second-order valence-electron chi connectivity index (χ2n) is 10.6. The van der Waals surface area contributed by atoms with Crippen LogP contribution in [0.15, 0.2) is 18.2 Å². The van der Waals surface area contributed by atoms with E-state index in [4.69, 9.17) is 4.74 Å². The van der Waals surface area contributed by atoms with Crippen LogP contribution in [-0.4, -0.2) is 72.4 Å². The zero-order chi connectivity index (χ0) is 23.7. The first-order chi connectivity index (χ1) is 16.6. The Balaban J connectivity index is 1.50. The van der Waals surface area contributed by atoms with Crippen LogP contribution in [-0.2, 0) is 5.41 Å². The van der Waals surface area contributed by atoms with E-state index in [2.05, 4.69) is 28.2 Å². The number of carbonyl (C=O) groups excluding carboxylic acids is 1. The fraction of sp³-hybridized carbons (Fsp3) is 0.667. The van der Waals surface area contributed by atoms with Crippen LogP contribution in [0.5, 0.6) is 5.75 Å². The number of aliphatic hydroxyl groups is 1. The predicted octanol–water partition coefficient (Wildman–Crippen LogP) is 4.17. The molecule has 0 radical (unpaired) electrons. The summed E-state index contributed by atoms with van der Waals surface area (Å²) in [4.78, 5) is 21.4. The molecule has 1 aromatic heterocycles. The van der Waals surface area contributed by atoms with Crippen molar-refractivity contribution in [1.29, 1.82) is 0 Å². The molecule has 7 nitrogen and oxygen atoms in total. The van der Waals surface area contributed by atoms with Crippen LogP contribution in [0.4, 0.5) is 4.79 Å². The summed E-state index contributed by atoms with van der Waals surface area (Å²) in [5.74, 6) is 1.66. The number of nitrogens with one attached hydrogen (secondary N) is 2. The van der Waals surface area contributed by atoms with Crippen molar-refractivity contribution in [2.75, 3.05) is 46.4 Å². The van der Waals surface area contributed by atoms with Gasteiger partial charge < -0.3 is 29.9 Å². The SMILES string of the molecule is CCCNC(=O)N1CC2(CCN(CC3CCCC3)CC2)c2c([nH]c3cc(OC)ccc23)[C@@H]1CO. The van der Waals surface area contributed by atoms with Crippen molar-refractivity contribution in [2.45, 2.75) is 63.3 Å². The van der Waals surface area contributed by atoms with E-state index in [1.807, 2.05) is 17.0 Å². The van der Waals surface area contributed by atoms with Gasteiger partial charge in [0.1, 0.15) is 5.75 Å². The third-order valence-corrected chi connectivity index (χ3v) is 8.51. The third-order valence-electron chi connectivity index (χ3n) is 8.51. The number of H-pyrrole nitrogens is 1. The van der Waals surface area contributed by atoms with Gasteiger partial charge in [-0.1, -0.05) is 19.8 Å². The Hall–Kier alpha value is -2.25. The Labute approximate surface area is 202 Å². The molecule has 1 saturated carbocycles. The highest BCUT2D eigenvalue weighted by atomic mass is 16.5. The van der Waals surface area contributed by atoms with Crippen molar-refractivity contribution in [1.82, 2.24) is 20.1 Å². The van der Waals surface area contributed by atoms with E-state index in [-0.39, 0.29) is 24.1 Å². The Morgan fingerprint density at radius 3 is 2.71 bits per heavy atom. The van der Waals surface area contributed by atoms with Crippen molar-refractivity contribution in [2.24, 2.45) is 5.92 Å². The largest absolute Gasteiger partial charge is 0.497 e. The number of aromatic nitrogens is 1. The molecule has 7 heteroatoms. The monoisotopic (exact) mass is 468 g/mol. The number of aliphatic hydroxyl groups excluding tert-OH is 1. The number of likely N-dealkylation sites (tertiary alicyclic amines) is 1. The molecule has 3 heterocycles. The van der Waals surface area contributed by atoms with E-state index >= 15 is 0 Å². The van der Waals surface area contributed by atoms with Crippen LogP contribution in [0.25, 0.3) is 10.9 Å². The number of aromatic amines is 1. The van der Waals surface area contributed by atoms with Gasteiger partial charge in [0.05, 0.1) is 19.8 Å². The quantitative estimate of drug-likeness (QED) is 0.594. The fourth-order valence-corrected chi connectivity index (χ4v) is 6.68. The van der Waals surface area contributed by atoms with Gasteiger partial charge in [-0.25, -0.2) is 4.79 Å². The summed E-state index contributed by atoms with van der Waals surface area (Å²) < 4.78 is 5.47. The number of rotatable bonds is 6. The van der Waals surface area contributed by atoms with Gasteiger partial charge in [0, 0.05) is 47.7 Å². The number of ether oxygens (including phenoxy) is 1. The maximum Gasteiger partial charge on any atom is 0.318 e. The van der Waals surface area contributed by atoms with Crippen molar-refractivity contribution >= 4 is 16.9 Å². The average Bonchev–Trinajstić information content (AvgIpc) is 3.51. The summed E-state index contributed by atoms with van der Waals surface area (Å²) in [6.07, 6.45) is 8.47. The third kappa shape index (κ3) is 4.17. The number of amides is 2. The second kappa shape index (κ2) is 9.78. The molecule has 0 unspecified atom stereocenters. The standard InChI is InChI=1S/C27H40N4O3/c1-3-12-28-26(33)31-18-27(10-13-30(14-11-27)16-19-6-4-5-7-19)24-21-9-8-20(34-2)15-22(21)29-25(24)23(31)17-32/h8-9,15,19,23,29,32H,3-7,10-14,16-18H2,1-2H3,(H,28,33)/t23-/m0/s1. The predicted molar refractivity (Wildman–Crippen MR) is 134 cm³/mol. The zero-order valence-corrected chi connectivity index (χ0v) is 20.7. The minimum Gasteiger partial charge on any atom is -0.497 e. The zero-order valence-electron chi connectivity index (χ0n) is 20.7. The minimum atomic E-state index is -0.368. The molecule has 2 amide bonds. The molecule has 34 heavy (non-hydrogen) atoms. The lowest BCUT2D eigenvalue weighted by atomic mass is 9.68. The summed E-state index contributed by atoms with van der Waals surface area (Å²) >= 11 is 0. The molecule has 186 valence electrons. The summed E-state index contributed by atoms with van der Waals surface area (Å²) in [6.45, 7) is 6.60. The first-order valence-corrected chi connectivity index (χ1v) is 13.2. The number of nitrogens with zero attached hydrogens (tertiary/aromatic N) is 2. The number of urea groups is 1. The molecule has 2 aliphatic heterocycles. The van der Waals surface area contributed by atoms with Crippen LogP contribution < -0.4 is 10.1 Å². The van der Waals surface area contributed by atoms with Gasteiger partial charge >= 0.3 is 6.03 Å². The van der Waals surface area contributed by atoms with Crippen molar-refractivity contribution in [3.05, 3.63) is 29.5 Å². The summed E-state index contributed by atoms with van der Waals surface area (Å²) in [6, 6.07) is 5.76. The van der Waals surface area contributed by atoms with E-state index in [0.29, 0.717) is 13.1 Å². The van der Waals surface area contributed by atoms with Crippen LogP contribution in [0.2, 0.25) is 0 Å². The first-order valence-electron chi connectivity index (χ1n) is 13.2. The molecular weight excluding hydrogens is 428 g/mol. The van der Waals surface area contributed by atoms with E-state index in [0.717, 1.165) is 55.2 Å². The molecule has 1 saturated heterocycles. The van der Waals surface area contributed by atoms with Crippen LogP contribution in [0, 0.1) is 5.92 Å². The van der Waals surface area contributed by atoms with E-state index in [9.17, 15) is 9.90 Å². The topological polar surface area (TPSA) is 80.8 Å². The van der Waals surface area contributed by atoms with Crippen molar-refractivity contribution in [3.63, 3.8) is 0 Å². The molecule has 0 bridgehead atoms. The molecule has 1 atom stereocenters. The van der Waals surface area contributed by atoms with E-state index in [1.54, 1.807) is 7.11 Å². The lowest BCUT2D eigenvalue weighted by Crippen LogP contribution is -2.57. The lowest BCUT2D eigenvalue weighted by molar-refractivity contribution is 0.0643. The fourth-order valence-electron chi connectivity index (χ4n) is 6.68. The van der Waals surface area contributed by atoms with Crippen LogP contribution >= 0.6 is 0 Å². The van der Waals surface area contributed by atoms with Gasteiger partial charge in [-0.3, -0.25) is 0 Å². The number of fused-ring (bicyclic) bond motifs is 4. The second-order valence-corrected chi connectivity index (χ2v) is 10.6.